The lowest BCUT2D eigenvalue weighted by molar-refractivity contribution is -0.124. The smallest absolute Gasteiger partial charge is 0.254 e. The highest BCUT2D eigenvalue weighted by Gasteiger charge is 2.44. The van der Waals surface area contributed by atoms with E-state index in [4.69, 9.17) is 4.74 Å². The van der Waals surface area contributed by atoms with Gasteiger partial charge in [0.05, 0.1) is 30.8 Å². The zero-order valence-electron chi connectivity index (χ0n) is 16.7. The van der Waals surface area contributed by atoms with Crippen molar-refractivity contribution < 1.29 is 14.3 Å². The van der Waals surface area contributed by atoms with Gasteiger partial charge in [-0.25, -0.2) is 0 Å². The summed E-state index contributed by atoms with van der Waals surface area (Å²) in [6.07, 6.45) is 1.71. The molecular formula is C23H23N3O3S. The number of pyridine rings is 1. The number of hydrogen-bond donors (Lipinski definition) is 1. The average molecular weight is 422 g/mol. The maximum absolute atomic E-state index is 13.5. The Labute approximate surface area is 179 Å². The molecule has 2 amide bonds. The largest absolute Gasteiger partial charge is 0.383 e. The first-order valence-corrected chi connectivity index (χ1v) is 10.7. The van der Waals surface area contributed by atoms with Crippen molar-refractivity contribution in [3.8, 4) is 0 Å². The van der Waals surface area contributed by atoms with Crippen molar-refractivity contribution in [2.24, 2.45) is 0 Å². The second-order valence-electron chi connectivity index (χ2n) is 7.06. The number of ether oxygens (including phenoxy) is 1. The molecule has 0 aliphatic carbocycles. The zero-order chi connectivity index (χ0) is 20.9. The Kier molecular flexibility index (Phi) is 6.21. The lowest BCUT2D eigenvalue weighted by atomic mass is 9.81. The topological polar surface area (TPSA) is 71.5 Å². The van der Waals surface area contributed by atoms with Crippen LogP contribution in [0.4, 0.5) is 0 Å². The number of fused-ring (bicyclic) bond motifs is 1. The first kappa shape index (κ1) is 20.3. The van der Waals surface area contributed by atoms with E-state index in [0.29, 0.717) is 25.3 Å². The Hall–Kier alpha value is -3.03. The molecule has 0 fully saturated rings. The van der Waals surface area contributed by atoms with Crippen LogP contribution in [0.15, 0.2) is 66.2 Å². The summed E-state index contributed by atoms with van der Waals surface area (Å²) < 4.78 is 5.25. The monoisotopic (exact) mass is 421 g/mol. The van der Waals surface area contributed by atoms with Gasteiger partial charge >= 0.3 is 0 Å². The van der Waals surface area contributed by atoms with Crippen molar-refractivity contribution in [3.63, 3.8) is 0 Å². The number of carbonyl (C=O) groups is 2. The standard InChI is InChI=1S/C23H23N3O3S/c1-29-13-12-26-21(19-10-6-14-30-19)20(17-8-2-3-9-18(17)23(26)28)22(27)25-15-16-7-4-5-11-24-16/h2-11,14,20-21H,12-13,15H2,1H3,(H,25,27)/t20-,21-/m1/s1. The van der Waals surface area contributed by atoms with E-state index in [0.717, 1.165) is 16.1 Å². The summed E-state index contributed by atoms with van der Waals surface area (Å²) in [7, 11) is 1.61. The van der Waals surface area contributed by atoms with Crippen LogP contribution in [0.5, 0.6) is 0 Å². The number of amides is 2. The molecule has 3 aromatic rings. The fraction of sp³-hybridized carbons (Fsp3) is 0.261. The van der Waals surface area contributed by atoms with Gasteiger partial charge in [0.25, 0.3) is 5.91 Å². The second-order valence-corrected chi connectivity index (χ2v) is 8.03. The van der Waals surface area contributed by atoms with Crippen LogP contribution in [0.1, 0.15) is 38.5 Å². The van der Waals surface area contributed by atoms with Crippen molar-refractivity contribution >= 4 is 23.2 Å². The minimum atomic E-state index is -0.516. The number of nitrogens with one attached hydrogen (secondary N) is 1. The van der Waals surface area contributed by atoms with E-state index in [1.54, 1.807) is 35.6 Å². The summed E-state index contributed by atoms with van der Waals surface area (Å²) in [5, 5.41) is 5.00. The van der Waals surface area contributed by atoms with Gasteiger partial charge in [0, 0.05) is 30.3 Å². The fourth-order valence-electron chi connectivity index (χ4n) is 3.88. The Morgan fingerprint density at radius 1 is 1.17 bits per heavy atom. The first-order chi connectivity index (χ1) is 14.7. The highest BCUT2D eigenvalue weighted by Crippen LogP contribution is 2.44. The molecule has 3 heterocycles. The van der Waals surface area contributed by atoms with Crippen LogP contribution < -0.4 is 5.32 Å². The number of nitrogens with zero attached hydrogens (tertiary/aromatic N) is 2. The number of methoxy groups -OCH3 is 1. The van der Waals surface area contributed by atoms with E-state index >= 15 is 0 Å². The number of benzene rings is 1. The fourth-order valence-corrected chi connectivity index (χ4v) is 4.75. The minimum absolute atomic E-state index is 0.0742. The van der Waals surface area contributed by atoms with Crippen molar-refractivity contribution in [3.05, 3.63) is 87.9 Å². The number of rotatable bonds is 7. The quantitative estimate of drug-likeness (QED) is 0.635. The maximum atomic E-state index is 13.5. The third kappa shape index (κ3) is 3.99. The van der Waals surface area contributed by atoms with E-state index in [9.17, 15) is 9.59 Å². The zero-order valence-corrected chi connectivity index (χ0v) is 17.5. The maximum Gasteiger partial charge on any atom is 0.254 e. The molecule has 0 saturated heterocycles. The van der Waals surface area contributed by atoms with Crippen molar-refractivity contribution in [1.29, 1.82) is 0 Å². The van der Waals surface area contributed by atoms with Crippen LogP contribution >= 0.6 is 11.3 Å². The number of hydrogen-bond acceptors (Lipinski definition) is 5. The Balaban J connectivity index is 1.72. The van der Waals surface area contributed by atoms with Gasteiger partial charge in [-0.05, 0) is 35.2 Å². The van der Waals surface area contributed by atoms with E-state index in [1.165, 1.54) is 0 Å². The lowest BCUT2D eigenvalue weighted by Crippen LogP contribution is -2.48. The van der Waals surface area contributed by atoms with Gasteiger partial charge in [-0.3, -0.25) is 14.6 Å². The summed E-state index contributed by atoms with van der Waals surface area (Å²) in [4.78, 5) is 33.8. The molecule has 0 bridgehead atoms. The lowest BCUT2D eigenvalue weighted by Gasteiger charge is -2.41. The molecule has 2 aromatic heterocycles. The molecule has 0 saturated carbocycles. The minimum Gasteiger partial charge on any atom is -0.383 e. The van der Waals surface area contributed by atoms with Crippen LogP contribution in [-0.2, 0) is 16.1 Å². The van der Waals surface area contributed by atoms with Gasteiger partial charge in [0.15, 0.2) is 0 Å². The SMILES string of the molecule is COCCN1C(=O)c2ccccc2[C@@H](C(=O)NCc2ccccn2)[C@H]1c1cccs1. The molecule has 154 valence electrons. The van der Waals surface area contributed by atoms with E-state index in [-0.39, 0.29) is 17.9 Å². The van der Waals surface area contributed by atoms with Gasteiger partial charge in [-0.2, -0.15) is 0 Å². The molecule has 1 aromatic carbocycles. The highest BCUT2D eigenvalue weighted by atomic mass is 32.1. The summed E-state index contributed by atoms with van der Waals surface area (Å²) in [6.45, 7) is 1.15. The second kappa shape index (κ2) is 9.19. The average Bonchev–Trinajstić information content (AvgIpc) is 3.32. The predicted molar refractivity (Wildman–Crippen MR) is 115 cm³/mol. The Morgan fingerprint density at radius 3 is 2.73 bits per heavy atom. The third-order valence-corrected chi connectivity index (χ3v) is 6.20. The summed E-state index contributed by atoms with van der Waals surface area (Å²) in [5.41, 5.74) is 2.11. The Bertz CT molecular complexity index is 1010. The molecule has 2 atom stereocenters. The molecule has 30 heavy (non-hydrogen) atoms. The predicted octanol–water partition coefficient (Wildman–Crippen LogP) is 3.39. The molecule has 1 aliphatic rings. The van der Waals surface area contributed by atoms with Gasteiger partial charge in [-0.1, -0.05) is 30.3 Å². The van der Waals surface area contributed by atoms with Crippen molar-refractivity contribution in [1.82, 2.24) is 15.2 Å². The van der Waals surface area contributed by atoms with Crippen molar-refractivity contribution in [2.75, 3.05) is 20.3 Å². The summed E-state index contributed by atoms with van der Waals surface area (Å²) >= 11 is 1.55. The van der Waals surface area contributed by atoms with E-state index in [1.807, 2.05) is 53.9 Å². The van der Waals surface area contributed by atoms with Gasteiger partial charge in [-0.15, -0.1) is 11.3 Å². The van der Waals surface area contributed by atoms with E-state index in [2.05, 4.69) is 10.3 Å². The molecule has 0 unspecified atom stereocenters. The van der Waals surface area contributed by atoms with Gasteiger partial charge in [0.2, 0.25) is 5.91 Å². The van der Waals surface area contributed by atoms with Gasteiger partial charge < -0.3 is 15.0 Å². The molecule has 0 radical (unpaired) electrons. The van der Waals surface area contributed by atoms with Crippen LogP contribution in [0, 0.1) is 0 Å². The summed E-state index contributed by atoms with van der Waals surface area (Å²) in [6, 6.07) is 16.5. The molecule has 7 heteroatoms. The third-order valence-electron chi connectivity index (χ3n) is 5.26. The van der Waals surface area contributed by atoms with Crippen LogP contribution in [0.3, 0.4) is 0 Å². The molecule has 1 aliphatic heterocycles. The molecule has 6 nitrogen and oxygen atoms in total. The summed E-state index contributed by atoms with van der Waals surface area (Å²) in [5.74, 6) is -0.714. The highest BCUT2D eigenvalue weighted by molar-refractivity contribution is 7.10. The normalized spacial score (nSPS) is 18.2. The van der Waals surface area contributed by atoms with Crippen molar-refractivity contribution in [2.45, 2.75) is 18.5 Å². The van der Waals surface area contributed by atoms with Crippen LogP contribution in [0.2, 0.25) is 0 Å². The molecule has 0 spiro atoms. The van der Waals surface area contributed by atoms with Crippen LogP contribution in [-0.4, -0.2) is 42.0 Å². The molecule has 4 rings (SSSR count). The first-order valence-electron chi connectivity index (χ1n) is 9.80. The van der Waals surface area contributed by atoms with Crippen LogP contribution in [0.25, 0.3) is 0 Å². The number of aromatic nitrogens is 1. The number of carbonyl (C=O) groups excluding carboxylic acids is 2. The Morgan fingerprint density at radius 2 is 2.00 bits per heavy atom. The molecule has 1 N–H and O–H groups in total. The van der Waals surface area contributed by atoms with Gasteiger partial charge in [0.1, 0.15) is 0 Å². The molecular weight excluding hydrogens is 398 g/mol. The number of thiophene rings is 1. The van der Waals surface area contributed by atoms with E-state index < -0.39 is 5.92 Å².